The summed E-state index contributed by atoms with van der Waals surface area (Å²) in [5.41, 5.74) is 0.541. The topological polar surface area (TPSA) is 69.0 Å². The van der Waals surface area contributed by atoms with Gasteiger partial charge in [-0.2, -0.15) is 0 Å². The van der Waals surface area contributed by atoms with Gasteiger partial charge in [0.2, 0.25) is 0 Å². The van der Waals surface area contributed by atoms with Gasteiger partial charge in [-0.25, -0.2) is 4.79 Å². The molecule has 6 heteroatoms. The van der Waals surface area contributed by atoms with Crippen LogP contribution in [0.3, 0.4) is 0 Å². The second kappa shape index (κ2) is 6.22. The second-order valence-electron chi connectivity index (χ2n) is 4.93. The maximum absolute atomic E-state index is 11.5. The zero-order valence-corrected chi connectivity index (χ0v) is 11.9. The van der Waals surface area contributed by atoms with Crippen LogP contribution in [-0.4, -0.2) is 37.2 Å². The van der Waals surface area contributed by atoms with Crippen LogP contribution in [0.2, 0.25) is 0 Å². The molecule has 1 aliphatic rings. The fourth-order valence-electron chi connectivity index (χ4n) is 2.52. The van der Waals surface area contributed by atoms with Crippen LogP contribution in [0.1, 0.15) is 5.56 Å². The first-order valence-corrected chi connectivity index (χ1v) is 7.05. The lowest BCUT2D eigenvalue weighted by molar-refractivity contribution is 0.202. The molecule has 1 N–H and O–H groups in total. The summed E-state index contributed by atoms with van der Waals surface area (Å²) >= 11 is 0. The minimum absolute atomic E-state index is 0.0741. The molecular formula is C16H15N3O3. The molecule has 3 rings (SSSR count). The average molecular weight is 297 g/mol. The molecule has 0 bridgehead atoms. The highest BCUT2D eigenvalue weighted by Gasteiger charge is 2.19. The van der Waals surface area contributed by atoms with Crippen molar-refractivity contribution in [1.29, 1.82) is 0 Å². The third-order valence-corrected chi connectivity index (χ3v) is 3.61. The normalized spacial score (nSPS) is 13.6. The molecule has 2 aromatic rings. The molecule has 1 saturated heterocycles. The molecule has 1 heterocycles. The molecule has 6 nitrogen and oxygen atoms in total. The van der Waals surface area contributed by atoms with Gasteiger partial charge in [0.25, 0.3) is 0 Å². The summed E-state index contributed by atoms with van der Waals surface area (Å²) in [6.45, 7) is 2.18. The van der Waals surface area contributed by atoms with Gasteiger partial charge in [0.1, 0.15) is 12.4 Å². The van der Waals surface area contributed by atoms with Crippen LogP contribution in [0, 0.1) is 11.3 Å². The van der Waals surface area contributed by atoms with Gasteiger partial charge in [0, 0.05) is 23.5 Å². The highest BCUT2D eigenvalue weighted by Crippen LogP contribution is 2.27. The Kier molecular flexibility index (Phi) is 3.97. The summed E-state index contributed by atoms with van der Waals surface area (Å²) in [4.78, 5) is 13.1. The number of fused-ring (bicyclic) bond motifs is 1. The first-order chi connectivity index (χ1) is 10.8. The molecular weight excluding hydrogens is 282 g/mol. The molecule has 2 amide bonds. The molecule has 2 aromatic carbocycles. The Morgan fingerprint density at radius 3 is 2.95 bits per heavy atom. The van der Waals surface area contributed by atoms with Crippen molar-refractivity contribution in [1.82, 2.24) is 10.2 Å². The van der Waals surface area contributed by atoms with Crippen molar-refractivity contribution in [2.75, 3.05) is 26.2 Å². The zero-order valence-electron chi connectivity index (χ0n) is 11.9. The van der Waals surface area contributed by atoms with Gasteiger partial charge in [-0.05, 0) is 11.5 Å². The van der Waals surface area contributed by atoms with Gasteiger partial charge < -0.3 is 20.2 Å². The van der Waals surface area contributed by atoms with Gasteiger partial charge >= 0.3 is 12.1 Å². The molecule has 112 valence electrons. The number of hydrogen-bond acceptors (Lipinski definition) is 3. The van der Waals surface area contributed by atoms with Crippen molar-refractivity contribution < 1.29 is 9.53 Å². The highest BCUT2D eigenvalue weighted by atomic mass is 16.5. The van der Waals surface area contributed by atoms with E-state index in [0.29, 0.717) is 37.6 Å². The second-order valence-corrected chi connectivity index (χ2v) is 4.93. The van der Waals surface area contributed by atoms with Gasteiger partial charge in [0.05, 0.1) is 6.54 Å². The summed E-state index contributed by atoms with van der Waals surface area (Å²) < 4.78 is 5.73. The number of urea groups is 1. The average Bonchev–Trinajstić information content (AvgIpc) is 2.95. The van der Waals surface area contributed by atoms with E-state index >= 15 is 0 Å². The number of rotatable bonds is 4. The van der Waals surface area contributed by atoms with Gasteiger partial charge in [0.15, 0.2) is 5.56 Å². The molecule has 0 unspecified atom stereocenters. The smallest absolute Gasteiger partial charge is 0.341 e. The van der Waals surface area contributed by atoms with Crippen LogP contribution < -0.4 is 10.1 Å². The van der Waals surface area contributed by atoms with Crippen LogP contribution in [0.5, 0.6) is 5.75 Å². The predicted molar refractivity (Wildman–Crippen MR) is 84.1 cm³/mol. The number of ether oxygens (including phenoxy) is 1. The number of nitrogens with one attached hydrogen (secondary N) is 1. The van der Waals surface area contributed by atoms with E-state index in [9.17, 15) is 10.0 Å². The van der Waals surface area contributed by atoms with E-state index in [2.05, 4.69) is 16.4 Å². The Bertz CT molecular complexity index is 764. The molecule has 22 heavy (non-hydrogen) atoms. The number of amides is 2. The third kappa shape index (κ3) is 2.74. The summed E-state index contributed by atoms with van der Waals surface area (Å²) in [5.74, 6) is 0.540. The Labute approximate surface area is 127 Å². The van der Waals surface area contributed by atoms with Crippen molar-refractivity contribution in [3.8, 4) is 11.8 Å². The van der Waals surface area contributed by atoms with E-state index in [1.165, 1.54) is 0 Å². The monoisotopic (exact) mass is 297 g/mol. The maximum Gasteiger partial charge on any atom is 0.341 e. The Morgan fingerprint density at radius 1 is 1.32 bits per heavy atom. The number of carbonyl (C=O) groups excluding carboxylic acids is 1. The first-order valence-electron chi connectivity index (χ1n) is 7.05. The van der Waals surface area contributed by atoms with Crippen molar-refractivity contribution in [2.24, 2.45) is 0 Å². The van der Waals surface area contributed by atoms with Crippen LogP contribution in [-0.2, 0) is 0 Å². The number of hydrogen-bond donors (Lipinski definition) is 1. The summed E-state index contributed by atoms with van der Waals surface area (Å²) in [6.07, 6.45) is 0. The van der Waals surface area contributed by atoms with Crippen LogP contribution >= 0.6 is 0 Å². The predicted octanol–water partition coefficient (Wildman–Crippen LogP) is 2.42. The summed E-state index contributed by atoms with van der Waals surface area (Å²) in [6, 6.07) is 13.7. The number of carbonyl (C=O) groups is 1. The lowest BCUT2D eigenvalue weighted by Crippen LogP contribution is -2.31. The van der Waals surface area contributed by atoms with Crippen molar-refractivity contribution in [3.63, 3.8) is 0 Å². The van der Waals surface area contributed by atoms with E-state index in [0.717, 1.165) is 10.8 Å². The molecule has 0 spiro atoms. The maximum atomic E-state index is 11.5. The SMILES string of the molecule is O=C1NCCN1CCOc1ccc2ccccc2c1C#[N+][O-]. The Morgan fingerprint density at radius 2 is 2.18 bits per heavy atom. The Balaban J connectivity index is 1.79. The van der Waals surface area contributed by atoms with E-state index in [4.69, 9.17) is 4.74 Å². The minimum Gasteiger partial charge on any atom is -0.498 e. The van der Waals surface area contributed by atoms with Crippen molar-refractivity contribution in [3.05, 3.63) is 52.2 Å². The summed E-state index contributed by atoms with van der Waals surface area (Å²) in [5, 5.41) is 18.0. The highest BCUT2D eigenvalue weighted by molar-refractivity contribution is 5.90. The molecule has 0 saturated carbocycles. The quantitative estimate of drug-likeness (QED) is 0.881. The van der Waals surface area contributed by atoms with Crippen molar-refractivity contribution >= 4 is 16.8 Å². The van der Waals surface area contributed by atoms with E-state index in [1.54, 1.807) is 11.0 Å². The van der Waals surface area contributed by atoms with Crippen LogP contribution in [0.15, 0.2) is 36.4 Å². The molecule has 0 radical (unpaired) electrons. The van der Waals surface area contributed by atoms with Crippen LogP contribution in [0.4, 0.5) is 4.79 Å². The number of nitrogens with zero attached hydrogens (tertiary/aromatic N) is 2. The van der Waals surface area contributed by atoms with E-state index in [-0.39, 0.29) is 6.03 Å². The van der Waals surface area contributed by atoms with E-state index < -0.39 is 0 Å². The van der Waals surface area contributed by atoms with E-state index in [1.807, 2.05) is 30.3 Å². The standard InChI is InChI=1S/C16H15N3O3/c20-16-17-7-8-19(16)9-10-22-15-6-5-12-3-1-2-4-13(12)14(15)11-18-21/h1-6H,7-10H2,(H,17,20). The van der Waals surface area contributed by atoms with Gasteiger partial charge in [-0.15, -0.1) is 0 Å². The van der Waals surface area contributed by atoms with Crippen molar-refractivity contribution in [2.45, 2.75) is 0 Å². The van der Waals surface area contributed by atoms with Gasteiger partial charge in [-0.3, -0.25) is 0 Å². The molecule has 1 fully saturated rings. The van der Waals surface area contributed by atoms with Crippen LogP contribution in [0.25, 0.3) is 15.8 Å². The lowest BCUT2D eigenvalue weighted by atomic mass is 10.0. The molecule has 0 aliphatic carbocycles. The minimum atomic E-state index is -0.0741. The lowest BCUT2D eigenvalue weighted by Gasteiger charge is -2.15. The number of benzene rings is 2. The fraction of sp³-hybridized carbons (Fsp3) is 0.250. The third-order valence-electron chi connectivity index (χ3n) is 3.61. The first kappa shape index (κ1) is 14.0. The van der Waals surface area contributed by atoms with Gasteiger partial charge in [-0.1, -0.05) is 30.3 Å². The Hall–Kier alpha value is -2.94. The zero-order chi connectivity index (χ0) is 15.4. The largest absolute Gasteiger partial charge is 0.498 e. The fourth-order valence-corrected chi connectivity index (χ4v) is 2.52. The molecule has 0 aromatic heterocycles. The molecule has 0 atom stereocenters. The summed E-state index contributed by atoms with van der Waals surface area (Å²) in [7, 11) is 0. The molecule has 1 aliphatic heterocycles.